The van der Waals surface area contributed by atoms with Gasteiger partial charge in [0.05, 0.1) is 25.0 Å². The van der Waals surface area contributed by atoms with E-state index in [9.17, 15) is 15.0 Å². The molecule has 2 heterocycles. The van der Waals surface area contributed by atoms with Crippen molar-refractivity contribution in [2.75, 3.05) is 18.9 Å². The number of hydrogen-bond acceptors (Lipinski definition) is 9. The number of rotatable bonds is 7. The van der Waals surface area contributed by atoms with Crippen LogP contribution < -0.4 is 21.5 Å². The third-order valence-electron chi connectivity index (χ3n) is 5.70. The number of carbonyl (C=O) groups is 1. The fraction of sp³-hybridized carbons (Fsp3) is 0.429. The number of anilines is 1. The Hall–Kier alpha value is -3.28. The molecule has 7 N–H and O–H groups in total. The summed E-state index contributed by atoms with van der Waals surface area (Å²) in [6.07, 6.45) is 2.24. The van der Waals surface area contributed by atoms with Crippen LogP contribution in [0.3, 0.4) is 0 Å². The van der Waals surface area contributed by atoms with Crippen LogP contribution in [0.15, 0.2) is 36.9 Å². The molecule has 0 unspecified atom stereocenters. The lowest BCUT2D eigenvalue weighted by molar-refractivity contribution is -0.0552. The standard InChI is InChI=1S/C21H27N7O4/c22-7-2-8-32-13-4-1-3-12(9-13)21(31)27-14-5-6-15(18(30)17(14)29)28-11-26-16-19(23)24-10-25-20(16)28/h1,3-4,9-11,14-15,17-18,29-30H,2,5-8,22H2,(H,27,31)(H2,23,24,25)/t14-,15-,17-,18-/m1/s1. The molecule has 0 bridgehead atoms. The molecule has 1 aromatic carbocycles. The van der Waals surface area contributed by atoms with Crippen LogP contribution in [0.4, 0.5) is 5.82 Å². The number of aromatic nitrogens is 4. The van der Waals surface area contributed by atoms with Gasteiger partial charge in [-0.3, -0.25) is 4.79 Å². The monoisotopic (exact) mass is 441 g/mol. The van der Waals surface area contributed by atoms with E-state index in [1.54, 1.807) is 28.8 Å². The first-order valence-corrected chi connectivity index (χ1v) is 10.5. The first-order valence-electron chi connectivity index (χ1n) is 10.5. The van der Waals surface area contributed by atoms with Gasteiger partial charge in [-0.05, 0) is 44.0 Å². The van der Waals surface area contributed by atoms with Crippen LogP contribution in [0.5, 0.6) is 5.75 Å². The van der Waals surface area contributed by atoms with E-state index in [-0.39, 0.29) is 11.7 Å². The second-order valence-corrected chi connectivity index (χ2v) is 7.81. The van der Waals surface area contributed by atoms with Gasteiger partial charge in [-0.15, -0.1) is 0 Å². The average Bonchev–Trinajstić information content (AvgIpc) is 3.23. The first-order chi connectivity index (χ1) is 15.5. The van der Waals surface area contributed by atoms with E-state index in [1.165, 1.54) is 12.7 Å². The van der Waals surface area contributed by atoms with E-state index in [0.29, 0.717) is 54.9 Å². The number of ether oxygens (including phenoxy) is 1. The number of hydrogen-bond donors (Lipinski definition) is 5. The Kier molecular flexibility index (Phi) is 6.49. The van der Waals surface area contributed by atoms with Gasteiger partial charge < -0.3 is 36.3 Å². The molecule has 1 aliphatic carbocycles. The first kappa shape index (κ1) is 21.9. The van der Waals surface area contributed by atoms with Gasteiger partial charge in [0, 0.05) is 5.56 Å². The molecule has 32 heavy (non-hydrogen) atoms. The molecule has 170 valence electrons. The summed E-state index contributed by atoms with van der Waals surface area (Å²) in [5.74, 6) is 0.472. The minimum Gasteiger partial charge on any atom is -0.494 e. The third kappa shape index (κ3) is 4.35. The quantitative estimate of drug-likeness (QED) is 0.316. The zero-order valence-electron chi connectivity index (χ0n) is 17.5. The number of benzene rings is 1. The van der Waals surface area contributed by atoms with Crippen LogP contribution in [0, 0.1) is 0 Å². The maximum Gasteiger partial charge on any atom is 0.251 e. The van der Waals surface area contributed by atoms with Crippen molar-refractivity contribution in [2.24, 2.45) is 5.73 Å². The van der Waals surface area contributed by atoms with Crippen LogP contribution >= 0.6 is 0 Å². The average molecular weight is 441 g/mol. The predicted molar refractivity (Wildman–Crippen MR) is 117 cm³/mol. The largest absolute Gasteiger partial charge is 0.494 e. The van der Waals surface area contributed by atoms with E-state index in [2.05, 4.69) is 20.3 Å². The molecule has 0 spiro atoms. The zero-order valence-corrected chi connectivity index (χ0v) is 17.5. The molecule has 11 heteroatoms. The molecule has 2 aromatic heterocycles. The van der Waals surface area contributed by atoms with Crippen molar-refractivity contribution in [1.29, 1.82) is 0 Å². The highest BCUT2D eigenvalue weighted by molar-refractivity contribution is 5.94. The number of aliphatic hydroxyl groups excluding tert-OH is 2. The smallest absolute Gasteiger partial charge is 0.251 e. The van der Waals surface area contributed by atoms with E-state index in [0.717, 1.165) is 0 Å². The maximum absolute atomic E-state index is 12.7. The van der Waals surface area contributed by atoms with Gasteiger partial charge in [0.1, 0.15) is 29.8 Å². The Morgan fingerprint density at radius 2 is 2.06 bits per heavy atom. The topological polar surface area (TPSA) is 174 Å². The van der Waals surface area contributed by atoms with Crippen molar-refractivity contribution in [2.45, 2.75) is 43.6 Å². The van der Waals surface area contributed by atoms with Gasteiger partial charge in [-0.25, -0.2) is 15.0 Å². The summed E-state index contributed by atoms with van der Waals surface area (Å²) in [5, 5.41) is 24.4. The highest BCUT2D eigenvalue weighted by atomic mass is 16.5. The number of imidazole rings is 1. The Balaban J connectivity index is 1.43. The Bertz CT molecular complexity index is 1090. The number of amides is 1. The lowest BCUT2D eigenvalue weighted by Gasteiger charge is -2.38. The fourth-order valence-electron chi connectivity index (χ4n) is 3.98. The molecule has 1 amide bonds. The number of carbonyl (C=O) groups excluding carboxylic acids is 1. The van der Waals surface area contributed by atoms with Crippen molar-refractivity contribution in [3.05, 3.63) is 42.5 Å². The molecular weight excluding hydrogens is 414 g/mol. The SMILES string of the molecule is NCCCOc1cccc(C(=O)N[C@@H]2CC[C@@H](n3cnc4c(N)ncnc43)[C@@H](O)[C@@H]2O)c1. The second-order valence-electron chi connectivity index (χ2n) is 7.81. The molecule has 0 saturated heterocycles. The Labute approximate surface area is 184 Å². The van der Waals surface area contributed by atoms with Crippen molar-refractivity contribution in [1.82, 2.24) is 24.8 Å². The van der Waals surface area contributed by atoms with E-state index in [1.807, 2.05) is 0 Å². The maximum atomic E-state index is 12.7. The van der Waals surface area contributed by atoms with Crippen molar-refractivity contribution < 1.29 is 19.7 Å². The molecule has 11 nitrogen and oxygen atoms in total. The van der Waals surface area contributed by atoms with Crippen LogP contribution in [-0.2, 0) is 0 Å². The normalized spacial score (nSPS) is 23.2. The lowest BCUT2D eigenvalue weighted by atomic mass is 9.85. The molecule has 1 saturated carbocycles. The third-order valence-corrected chi connectivity index (χ3v) is 5.70. The van der Waals surface area contributed by atoms with Crippen molar-refractivity contribution in [3.63, 3.8) is 0 Å². The highest BCUT2D eigenvalue weighted by Gasteiger charge is 2.39. The van der Waals surface area contributed by atoms with Gasteiger partial charge in [-0.2, -0.15) is 0 Å². The summed E-state index contributed by atoms with van der Waals surface area (Å²) >= 11 is 0. The minimum absolute atomic E-state index is 0.249. The summed E-state index contributed by atoms with van der Waals surface area (Å²) in [5.41, 5.74) is 12.6. The van der Waals surface area contributed by atoms with E-state index < -0.39 is 24.3 Å². The number of nitrogen functional groups attached to an aromatic ring is 1. The van der Waals surface area contributed by atoms with Crippen LogP contribution in [0.2, 0.25) is 0 Å². The van der Waals surface area contributed by atoms with Crippen molar-refractivity contribution in [3.8, 4) is 5.75 Å². The van der Waals surface area contributed by atoms with Gasteiger partial charge in [0.25, 0.3) is 5.91 Å². The molecule has 0 aliphatic heterocycles. The van der Waals surface area contributed by atoms with E-state index in [4.69, 9.17) is 16.2 Å². The number of nitrogens with zero attached hydrogens (tertiary/aromatic N) is 4. The number of fused-ring (bicyclic) bond motifs is 1. The van der Waals surface area contributed by atoms with Gasteiger partial charge in [0.15, 0.2) is 11.5 Å². The molecular formula is C21H27N7O4. The molecule has 3 aromatic rings. The molecule has 1 aliphatic rings. The number of nitrogens with two attached hydrogens (primary N) is 2. The van der Waals surface area contributed by atoms with Crippen LogP contribution in [-0.4, -0.2) is 67.0 Å². The predicted octanol–water partition coefficient (Wildman–Crippen LogP) is -0.00860. The van der Waals surface area contributed by atoms with Gasteiger partial charge in [0.2, 0.25) is 0 Å². The fourth-order valence-corrected chi connectivity index (χ4v) is 3.98. The summed E-state index contributed by atoms with van der Waals surface area (Å²) in [6.45, 7) is 0.994. The summed E-state index contributed by atoms with van der Waals surface area (Å²) in [6, 6.07) is 5.74. The number of aliphatic hydroxyl groups is 2. The molecule has 0 radical (unpaired) electrons. The lowest BCUT2D eigenvalue weighted by Crippen LogP contribution is -2.54. The van der Waals surface area contributed by atoms with Gasteiger partial charge >= 0.3 is 0 Å². The number of nitrogens with one attached hydrogen (secondary N) is 1. The minimum atomic E-state index is -1.17. The molecule has 1 fully saturated rings. The van der Waals surface area contributed by atoms with E-state index >= 15 is 0 Å². The Morgan fingerprint density at radius 1 is 1.22 bits per heavy atom. The molecule has 4 atom stereocenters. The van der Waals surface area contributed by atoms with Gasteiger partial charge in [-0.1, -0.05) is 6.07 Å². The summed E-state index contributed by atoms with van der Waals surface area (Å²) in [7, 11) is 0. The molecule has 4 rings (SSSR count). The Morgan fingerprint density at radius 3 is 2.88 bits per heavy atom. The summed E-state index contributed by atoms with van der Waals surface area (Å²) in [4.78, 5) is 25.1. The van der Waals surface area contributed by atoms with Crippen LogP contribution in [0.25, 0.3) is 11.2 Å². The summed E-state index contributed by atoms with van der Waals surface area (Å²) < 4.78 is 7.28. The zero-order chi connectivity index (χ0) is 22.7. The van der Waals surface area contributed by atoms with Crippen LogP contribution in [0.1, 0.15) is 35.7 Å². The highest BCUT2D eigenvalue weighted by Crippen LogP contribution is 2.32. The van der Waals surface area contributed by atoms with Crippen molar-refractivity contribution >= 4 is 22.9 Å². The second kappa shape index (κ2) is 9.47.